The fraction of sp³-hybridized carbons (Fsp3) is 0.0588. The molecule has 0 aromatic heterocycles. The molecule has 1 heterocycles. The quantitative estimate of drug-likeness (QED) is 0.179. The van der Waals surface area contributed by atoms with Crippen LogP contribution in [0.4, 0.5) is 34.1 Å². The molecule has 2 nitrogen and oxygen atoms in total. The minimum atomic E-state index is 0.953. The summed E-state index contributed by atoms with van der Waals surface area (Å²) in [6, 6.07) is 67.4. The predicted octanol–water partition coefficient (Wildman–Crippen LogP) is 13.3. The smallest absolute Gasteiger partial charge is 0.0497 e. The molecule has 0 fully saturated rings. The maximum absolute atomic E-state index is 2.44. The van der Waals surface area contributed by atoms with Crippen LogP contribution >= 0.6 is 0 Å². The number of hydrogen-bond donors (Lipinski definition) is 0. The van der Waals surface area contributed by atoms with Crippen molar-refractivity contribution in [2.45, 2.75) is 19.3 Å². The normalized spacial score (nSPS) is 13.0. The Morgan fingerprint density at radius 2 is 0.792 bits per heavy atom. The second-order valence-corrected chi connectivity index (χ2v) is 14.6. The third-order valence-electron chi connectivity index (χ3n) is 11.5. The van der Waals surface area contributed by atoms with Crippen molar-refractivity contribution in [3.05, 3.63) is 215 Å². The Morgan fingerprint density at radius 1 is 0.321 bits per heavy atom. The van der Waals surface area contributed by atoms with Gasteiger partial charge < -0.3 is 9.80 Å². The first-order chi connectivity index (χ1) is 26.2. The number of nitrogens with zero attached hydrogens (tertiary/aromatic N) is 2. The standard InChI is InChI=1S/C51H36N2/c1-5-16-46-36(10-1)28-40-32-44(24-26-48(40)46)52(45-25-27-49-41(33-45)29-37-11-2-6-17-47(37)49)42-22-20-34(21-23-42)35-14-9-15-43(31-35)53-50-18-7-3-12-38(50)30-39-13-4-8-19-51(39)53/h1-27,31-33H,28-30H2. The summed E-state index contributed by atoms with van der Waals surface area (Å²) in [5.74, 6) is 0. The van der Waals surface area contributed by atoms with Crippen LogP contribution in [0.25, 0.3) is 33.4 Å². The molecule has 0 radical (unpaired) electrons. The molecule has 53 heavy (non-hydrogen) atoms. The predicted molar refractivity (Wildman–Crippen MR) is 221 cm³/mol. The van der Waals surface area contributed by atoms with Crippen LogP contribution in [0.15, 0.2) is 182 Å². The maximum Gasteiger partial charge on any atom is 0.0497 e. The van der Waals surface area contributed by atoms with Crippen LogP contribution in [-0.4, -0.2) is 0 Å². The molecular weight excluding hydrogens is 641 g/mol. The number of anilines is 6. The van der Waals surface area contributed by atoms with Gasteiger partial charge in [-0.15, -0.1) is 0 Å². The fourth-order valence-electron chi connectivity index (χ4n) is 8.99. The highest BCUT2D eigenvalue weighted by Crippen LogP contribution is 2.46. The van der Waals surface area contributed by atoms with Gasteiger partial charge in [-0.1, -0.05) is 121 Å². The summed E-state index contributed by atoms with van der Waals surface area (Å²) < 4.78 is 0. The van der Waals surface area contributed by atoms with Gasteiger partial charge in [-0.05, 0) is 140 Å². The van der Waals surface area contributed by atoms with Crippen molar-refractivity contribution in [2.75, 3.05) is 9.80 Å². The van der Waals surface area contributed by atoms with Crippen LogP contribution in [0.5, 0.6) is 0 Å². The third-order valence-corrected chi connectivity index (χ3v) is 11.5. The van der Waals surface area contributed by atoms with Crippen molar-refractivity contribution in [1.29, 1.82) is 0 Å². The minimum Gasteiger partial charge on any atom is -0.310 e. The van der Waals surface area contributed by atoms with E-state index >= 15 is 0 Å². The van der Waals surface area contributed by atoms with Crippen LogP contribution in [0.1, 0.15) is 33.4 Å². The molecule has 0 saturated heterocycles. The van der Waals surface area contributed by atoms with Gasteiger partial charge in [0.15, 0.2) is 0 Å². The molecule has 0 atom stereocenters. The van der Waals surface area contributed by atoms with Crippen molar-refractivity contribution in [3.63, 3.8) is 0 Å². The molecule has 11 rings (SSSR count). The Hall–Kier alpha value is -6.64. The highest BCUT2D eigenvalue weighted by atomic mass is 15.2. The molecule has 2 heteroatoms. The lowest BCUT2D eigenvalue weighted by molar-refractivity contribution is 1.09. The zero-order valence-corrected chi connectivity index (χ0v) is 29.3. The van der Waals surface area contributed by atoms with Crippen molar-refractivity contribution in [3.8, 4) is 33.4 Å². The van der Waals surface area contributed by atoms with E-state index in [1.54, 1.807) is 0 Å². The van der Waals surface area contributed by atoms with Gasteiger partial charge in [0.2, 0.25) is 0 Å². The van der Waals surface area contributed by atoms with Crippen LogP contribution < -0.4 is 9.80 Å². The molecule has 0 spiro atoms. The average molecular weight is 677 g/mol. The summed E-state index contributed by atoms with van der Waals surface area (Å²) >= 11 is 0. The van der Waals surface area contributed by atoms with E-state index in [9.17, 15) is 0 Å². The molecule has 8 aromatic rings. The van der Waals surface area contributed by atoms with Crippen molar-refractivity contribution in [1.82, 2.24) is 0 Å². The summed E-state index contributed by atoms with van der Waals surface area (Å²) in [6.07, 6.45) is 2.89. The molecule has 8 aromatic carbocycles. The molecule has 0 amide bonds. The zero-order valence-electron chi connectivity index (χ0n) is 29.3. The Morgan fingerprint density at radius 3 is 1.38 bits per heavy atom. The molecule has 0 unspecified atom stereocenters. The third kappa shape index (κ3) is 4.94. The number of para-hydroxylation sites is 2. The van der Waals surface area contributed by atoms with Gasteiger partial charge in [0.05, 0.1) is 0 Å². The van der Waals surface area contributed by atoms with E-state index in [-0.39, 0.29) is 0 Å². The van der Waals surface area contributed by atoms with E-state index in [1.165, 1.54) is 95.2 Å². The van der Waals surface area contributed by atoms with E-state index in [1.807, 2.05) is 0 Å². The highest BCUT2D eigenvalue weighted by molar-refractivity contribution is 5.88. The summed E-state index contributed by atoms with van der Waals surface area (Å²) in [5.41, 5.74) is 23.3. The minimum absolute atomic E-state index is 0.953. The summed E-state index contributed by atoms with van der Waals surface area (Å²) in [4.78, 5) is 4.86. The Bertz CT molecular complexity index is 2580. The molecular formula is C51H36N2. The largest absolute Gasteiger partial charge is 0.310 e. The molecule has 3 aliphatic rings. The molecule has 250 valence electrons. The molecule has 1 aliphatic heterocycles. The van der Waals surface area contributed by atoms with E-state index < -0.39 is 0 Å². The average Bonchev–Trinajstić information content (AvgIpc) is 3.78. The van der Waals surface area contributed by atoms with Crippen LogP contribution in [0.3, 0.4) is 0 Å². The van der Waals surface area contributed by atoms with Crippen LogP contribution in [-0.2, 0) is 19.3 Å². The molecule has 0 bridgehead atoms. The number of benzene rings is 8. The summed E-state index contributed by atoms with van der Waals surface area (Å²) in [6.45, 7) is 0. The van der Waals surface area contributed by atoms with Gasteiger partial charge in [0.1, 0.15) is 0 Å². The zero-order chi connectivity index (χ0) is 34.9. The first kappa shape index (κ1) is 30.0. The van der Waals surface area contributed by atoms with Crippen molar-refractivity contribution < 1.29 is 0 Å². The van der Waals surface area contributed by atoms with Crippen LogP contribution in [0, 0.1) is 0 Å². The Balaban J connectivity index is 0.983. The van der Waals surface area contributed by atoms with Gasteiger partial charge in [0, 0.05) is 40.5 Å². The lowest BCUT2D eigenvalue weighted by atomic mass is 9.94. The Kier molecular flexibility index (Phi) is 6.78. The van der Waals surface area contributed by atoms with Crippen LogP contribution in [0.2, 0.25) is 0 Å². The fourth-order valence-corrected chi connectivity index (χ4v) is 8.99. The first-order valence-corrected chi connectivity index (χ1v) is 18.6. The van der Waals surface area contributed by atoms with Gasteiger partial charge in [0.25, 0.3) is 0 Å². The van der Waals surface area contributed by atoms with E-state index in [0.717, 1.165) is 24.9 Å². The SMILES string of the molecule is c1cc(-c2ccc(N(c3ccc4c(c3)Cc3ccccc3-4)c3ccc4c(c3)Cc3ccccc3-4)cc2)cc(N2c3ccccc3Cc3ccccc32)c1. The molecule has 0 saturated carbocycles. The Labute approximate surface area is 310 Å². The number of hydrogen-bond acceptors (Lipinski definition) is 2. The van der Waals surface area contributed by atoms with E-state index in [4.69, 9.17) is 0 Å². The van der Waals surface area contributed by atoms with Gasteiger partial charge in [-0.2, -0.15) is 0 Å². The summed E-state index contributed by atoms with van der Waals surface area (Å²) in [7, 11) is 0. The van der Waals surface area contributed by atoms with Gasteiger partial charge in [-0.25, -0.2) is 0 Å². The second-order valence-electron chi connectivity index (χ2n) is 14.6. The van der Waals surface area contributed by atoms with E-state index in [2.05, 4.69) is 192 Å². The summed E-state index contributed by atoms with van der Waals surface area (Å²) in [5, 5.41) is 0. The number of fused-ring (bicyclic) bond motifs is 8. The monoisotopic (exact) mass is 676 g/mol. The molecule has 0 N–H and O–H groups in total. The van der Waals surface area contributed by atoms with Crippen molar-refractivity contribution >= 4 is 34.1 Å². The number of rotatable bonds is 5. The topological polar surface area (TPSA) is 6.48 Å². The molecule has 2 aliphatic carbocycles. The lowest BCUT2D eigenvalue weighted by Gasteiger charge is -2.33. The lowest BCUT2D eigenvalue weighted by Crippen LogP contribution is -2.18. The second kappa shape index (κ2) is 12.0. The van der Waals surface area contributed by atoms with Gasteiger partial charge >= 0.3 is 0 Å². The van der Waals surface area contributed by atoms with Crippen molar-refractivity contribution in [2.24, 2.45) is 0 Å². The first-order valence-electron chi connectivity index (χ1n) is 18.6. The highest BCUT2D eigenvalue weighted by Gasteiger charge is 2.25. The van der Waals surface area contributed by atoms with E-state index in [0.29, 0.717) is 0 Å². The van der Waals surface area contributed by atoms with Gasteiger partial charge in [-0.3, -0.25) is 0 Å². The maximum atomic E-state index is 2.44.